The maximum atomic E-state index is 13.6. The van der Waals surface area contributed by atoms with E-state index in [2.05, 4.69) is 0 Å². The maximum Gasteiger partial charge on any atom is 0.268 e. The molecule has 6 nitrogen and oxygen atoms in total. The topological polar surface area (TPSA) is 74.6 Å². The summed E-state index contributed by atoms with van der Waals surface area (Å²) >= 11 is 0. The number of ether oxygens (including phenoxy) is 2. The molecule has 29 heavy (non-hydrogen) atoms. The van der Waals surface area contributed by atoms with Gasteiger partial charge in [0.05, 0.1) is 30.3 Å². The second kappa shape index (κ2) is 7.75. The van der Waals surface area contributed by atoms with Crippen LogP contribution in [0.15, 0.2) is 47.4 Å². The zero-order valence-corrected chi connectivity index (χ0v) is 17.8. The second-order valence-corrected chi connectivity index (χ2v) is 8.55. The van der Waals surface area contributed by atoms with E-state index < -0.39 is 10.0 Å². The Kier molecular flexibility index (Phi) is 5.53. The van der Waals surface area contributed by atoms with Crippen LogP contribution in [0.1, 0.15) is 23.7 Å². The highest BCUT2D eigenvalue weighted by molar-refractivity contribution is 7.90. The van der Waals surface area contributed by atoms with E-state index in [1.807, 2.05) is 13.8 Å². The minimum atomic E-state index is -3.93. The fourth-order valence-electron chi connectivity index (χ4n) is 3.22. The van der Waals surface area contributed by atoms with Crippen LogP contribution in [-0.2, 0) is 14.8 Å². The fourth-order valence-corrected chi connectivity index (χ4v) is 4.78. The smallest absolute Gasteiger partial charge is 0.268 e. The van der Waals surface area contributed by atoms with Gasteiger partial charge in [-0.2, -0.15) is 0 Å². The first-order chi connectivity index (χ1) is 13.7. The average molecular weight is 413 g/mol. The van der Waals surface area contributed by atoms with Crippen LogP contribution >= 0.6 is 0 Å². The van der Waals surface area contributed by atoms with Crippen molar-refractivity contribution in [2.75, 3.05) is 14.2 Å². The molecule has 0 unspecified atom stereocenters. The third-order valence-corrected chi connectivity index (χ3v) is 6.50. The molecule has 1 aromatic heterocycles. The van der Waals surface area contributed by atoms with Crippen molar-refractivity contribution in [3.05, 3.63) is 59.3 Å². The van der Waals surface area contributed by atoms with Gasteiger partial charge in [-0.15, -0.1) is 0 Å². The van der Waals surface area contributed by atoms with Gasteiger partial charge in [0, 0.05) is 11.5 Å². The number of rotatable bonds is 6. The zero-order chi connectivity index (χ0) is 21.3. The van der Waals surface area contributed by atoms with Gasteiger partial charge in [0.15, 0.2) is 17.3 Å². The molecule has 0 atom stereocenters. The van der Waals surface area contributed by atoms with Crippen molar-refractivity contribution in [2.45, 2.75) is 25.7 Å². The Hall–Kier alpha value is -3.06. The third-order valence-electron chi connectivity index (χ3n) is 4.76. The van der Waals surface area contributed by atoms with Crippen LogP contribution in [0.5, 0.6) is 11.5 Å². The SMILES string of the molecule is COc1cc2c(C)c(/C=C/C(C)=O)n(S(=O)(=O)c3ccc(C)cc3)c2cc1OC. The van der Waals surface area contributed by atoms with Crippen LogP contribution in [0.25, 0.3) is 17.0 Å². The van der Waals surface area contributed by atoms with Crippen LogP contribution in [0.3, 0.4) is 0 Å². The molecule has 0 radical (unpaired) electrons. The molecule has 152 valence electrons. The lowest BCUT2D eigenvalue weighted by molar-refractivity contribution is -0.112. The number of benzene rings is 2. The molecule has 3 aromatic rings. The van der Waals surface area contributed by atoms with E-state index in [1.165, 1.54) is 37.3 Å². The molecule has 0 N–H and O–H groups in total. The summed E-state index contributed by atoms with van der Waals surface area (Å²) < 4.78 is 39.1. The minimum absolute atomic E-state index is 0.159. The Morgan fingerprint density at radius 1 is 1.00 bits per heavy atom. The lowest BCUT2D eigenvalue weighted by Crippen LogP contribution is -2.14. The number of fused-ring (bicyclic) bond motifs is 1. The number of hydrogen-bond donors (Lipinski definition) is 0. The van der Waals surface area contributed by atoms with Gasteiger partial charge in [-0.1, -0.05) is 17.7 Å². The summed E-state index contributed by atoms with van der Waals surface area (Å²) in [6, 6.07) is 10.0. The van der Waals surface area contributed by atoms with Gasteiger partial charge in [-0.25, -0.2) is 12.4 Å². The molecule has 0 saturated heterocycles. The average Bonchev–Trinajstić information content (AvgIpc) is 2.97. The van der Waals surface area contributed by atoms with Gasteiger partial charge >= 0.3 is 0 Å². The number of carbonyl (C=O) groups is 1. The standard InChI is InChI=1S/C22H23NO5S/c1-14-6-9-17(10-7-14)29(25,26)23-19(11-8-15(2)24)16(3)18-12-21(27-4)22(28-5)13-20(18)23/h6-13H,1-5H3/b11-8+. The summed E-state index contributed by atoms with van der Waals surface area (Å²) in [5.74, 6) is 0.735. The highest BCUT2D eigenvalue weighted by Crippen LogP contribution is 2.38. The lowest BCUT2D eigenvalue weighted by atomic mass is 10.1. The van der Waals surface area contributed by atoms with Crippen molar-refractivity contribution in [1.29, 1.82) is 0 Å². The van der Waals surface area contributed by atoms with Crippen molar-refractivity contribution in [3.63, 3.8) is 0 Å². The normalized spacial score (nSPS) is 11.9. The van der Waals surface area contributed by atoms with E-state index in [4.69, 9.17) is 9.47 Å². The molecule has 0 saturated carbocycles. The van der Waals surface area contributed by atoms with Gasteiger partial charge in [-0.05, 0) is 56.7 Å². The number of nitrogens with zero attached hydrogens (tertiary/aromatic N) is 1. The van der Waals surface area contributed by atoms with Crippen LogP contribution in [-0.4, -0.2) is 32.4 Å². The molecule has 0 aliphatic rings. The van der Waals surface area contributed by atoms with Crippen LogP contribution in [0.4, 0.5) is 0 Å². The molecule has 0 aliphatic carbocycles. The van der Waals surface area contributed by atoms with E-state index in [9.17, 15) is 13.2 Å². The number of allylic oxidation sites excluding steroid dienone is 1. The predicted molar refractivity (Wildman–Crippen MR) is 113 cm³/mol. The van der Waals surface area contributed by atoms with Crippen molar-refractivity contribution < 1.29 is 22.7 Å². The van der Waals surface area contributed by atoms with Crippen LogP contribution in [0, 0.1) is 13.8 Å². The summed E-state index contributed by atoms with van der Waals surface area (Å²) in [5.41, 5.74) is 2.53. The zero-order valence-electron chi connectivity index (χ0n) is 17.0. The van der Waals surface area contributed by atoms with Gasteiger partial charge < -0.3 is 9.47 Å². The highest BCUT2D eigenvalue weighted by atomic mass is 32.2. The van der Waals surface area contributed by atoms with Crippen molar-refractivity contribution in [3.8, 4) is 11.5 Å². The van der Waals surface area contributed by atoms with Gasteiger partial charge in [0.2, 0.25) is 0 Å². The number of aryl methyl sites for hydroxylation is 2. The molecule has 2 aromatic carbocycles. The van der Waals surface area contributed by atoms with E-state index in [1.54, 1.807) is 36.4 Å². The van der Waals surface area contributed by atoms with E-state index in [0.717, 1.165) is 5.56 Å². The number of ketones is 1. The van der Waals surface area contributed by atoms with Crippen LogP contribution < -0.4 is 9.47 Å². The number of methoxy groups -OCH3 is 2. The Morgan fingerprint density at radius 3 is 2.14 bits per heavy atom. The van der Waals surface area contributed by atoms with Crippen LogP contribution in [0.2, 0.25) is 0 Å². The van der Waals surface area contributed by atoms with Gasteiger partial charge in [0.1, 0.15) is 0 Å². The molecule has 3 rings (SSSR count). The largest absolute Gasteiger partial charge is 0.493 e. The predicted octanol–water partition coefficient (Wildman–Crippen LogP) is 4.11. The molecule has 1 heterocycles. The molecule has 0 fully saturated rings. The molecular weight excluding hydrogens is 390 g/mol. The van der Waals surface area contributed by atoms with Gasteiger partial charge in [-0.3, -0.25) is 4.79 Å². The second-order valence-electron chi connectivity index (χ2n) is 6.76. The lowest BCUT2D eigenvalue weighted by Gasteiger charge is -2.12. The highest BCUT2D eigenvalue weighted by Gasteiger charge is 2.26. The molecule has 0 spiro atoms. The fraction of sp³-hybridized carbons (Fsp3) is 0.227. The maximum absolute atomic E-state index is 13.6. The number of hydrogen-bond acceptors (Lipinski definition) is 5. The van der Waals surface area contributed by atoms with Gasteiger partial charge in [0.25, 0.3) is 10.0 Å². The summed E-state index contributed by atoms with van der Waals surface area (Å²) in [6.45, 7) is 5.12. The van der Waals surface area contributed by atoms with Crippen molar-refractivity contribution in [2.24, 2.45) is 0 Å². The Bertz CT molecular complexity index is 1220. The molecule has 0 aliphatic heterocycles. The summed E-state index contributed by atoms with van der Waals surface area (Å²) in [6.07, 6.45) is 2.89. The van der Waals surface area contributed by atoms with Crippen molar-refractivity contribution in [1.82, 2.24) is 3.97 Å². The Balaban J connectivity index is 2.43. The Morgan fingerprint density at radius 2 is 1.59 bits per heavy atom. The minimum Gasteiger partial charge on any atom is -0.493 e. The summed E-state index contributed by atoms with van der Waals surface area (Å²) in [7, 11) is -0.909. The monoisotopic (exact) mass is 413 g/mol. The first kappa shape index (κ1) is 20.7. The van der Waals surface area contributed by atoms with Crippen molar-refractivity contribution >= 4 is 32.8 Å². The van der Waals surface area contributed by atoms with E-state index in [-0.39, 0.29) is 10.7 Å². The molecule has 7 heteroatoms. The first-order valence-electron chi connectivity index (χ1n) is 8.98. The first-order valence-corrected chi connectivity index (χ1v) is 10.4. The summed E-state index contributed by atoms with van der Waals surface area (Å²) in [5, 5.41) is 0.696. The number of aromatic nitrogens is 1. The molecular formula is C22H23NO5S. The molecule has 0 bridgehead atoms. The third kappa shape index (κ3) is 3.65. The Labute approximate surface area is 170 Å². The molecule has 0 amide bonds. The number of carbonyl (C=O) groups excluding carboxylic acids is 1. The quantitative estimate of drug-likeness (QED) is 0.569. The van der Waals surface area contributed by atoms with E-state index >= 15 is 0 Å². The van der Waals surface area contributed by atoms with E-state index in [0.29, 0.717) is 33.7 Å². The summed E-state index contributed by atoms with van der Waals surface area (Å²) in [4.78, 5) is 11.7.